The largest absolute Gasteiger partial charge is 0.396 e. The van der Waals surface area contributed by atoms with E-state index in [4.69, 9.17) is 5.11 Å². The third kappa shape index (κ3) is 4.69. The third-order valence-corrected chi connectivity index (χ3v) is 6.49. The second kappa shape index (κ2) is 7.20. The van der Waals surface area contributed by atoms with Gasteiger partial charge >= 0.3 is 0 Å². The Morgan fingerprint density at radius 3 is 2.40 bits per heavy atom. The maximum absolute atomic E-state index is 12.2. The van der Waals surface area contributed by atoms with Crippen LogP contribution in [0.3, 0.4) is 0 Å². The Morgan fingerprint density at radius 1 is 1.20 bits per heavy atom. The molecule has 118 valence electrons. The van der Waals surface area contributed by atoms with Crippen LogP contribution in [-0.2, 0) is 10.0 Å². The van der Waals surface area contributed by atoms with Crippen LogP contribution >= 0.6 is 0 Å². The highest BCUT2D eigenvalue weighted by Gasteiger charge is 2.31. The molecule has 0 spiro atoms. The first kappa shape index (κ1) is 16.2. The van der Waals surface area contributed by atoms with Gasteiger partial charge in [-0.1, -0.05) is 12.8 Å². The molecule has 0 atom stereocenters. The Bertz CT molecular complexity index is 387. The van der Waals surface area contributed by atoms with Crippen LogP contribution in [0.4, 0.5) is 0 Å². The molecule has 1 N–H and O–H groups in total. The van der Waals surface area contributed by atoms with E-state index in [1.807, 2.05) is 0 Å². The van der Waals surface area contributed by atoms with E-state index in [1.165, 1.54) is 12.8 Å². The van der Waals surface area contributed by atoms with Crippen LogP contribution in [0.15, 0.2) is 0 Å². The van der Waals surface area contributed by atoms with Gasteiger partial charge < -0.3 is 10.0 Å². The normalized spacial score (nSPS) is 22.6. The Labute approximate surface area is 123 Å². The van der Waals surface area contributed by atoms with Crippen LogP contribution in [0.1, 0.15) is 38.5 Å². The molecule has 0 bridgehead atoms. The first-order valence-corrected chi connectivity index (χ1v) is 9.43. The van der Waals surface area contributed by atoms with Crippen LogP contribution in [-0.4, -0.2) is 67.8 Å². The zero-order valence-corrected chi connectivity index (χ0v) is 13.3. The minimum atomic E-state index is -3.03. The fourth-order valence-electron chi connectivity index (χ4n) is 2.92. The average molecular weight is 304 g/mol. The van der Waals surface area contributed by atoms with Crippen molar-refractivity contribution in [1.29, 1.82) is 0 Å². The van der Waals surface area contributed by atoms with Crippen molar-refractivity contribution in [2.75, 3.05) is 39.0 Å². The summed E-state index contributed by atoms with van der Waals surface area (Å²) in [5, 5.41) is 8.86. The van der Waals surface area contributed by atoms with Gasteiger partial charge in [-0.15, -0.1) is 0 Å². The lowest BCUT2D eigenvalue weighted by Crippen LogP contribution is -2.46. The van der Waals surface area contributed by atoms with E-state index < -0.39 is 10.0 Å². The molecule has 1 heterocycles. The van der Waals surface area contributed by atoms with Gasteiger partial charge in [-0.25, -0.2) is 12.7 Å². The lowest BCUT2D eigenvalue weighted by atomic mass is 10.1. The molecule has 1 aliphatic carbocycles. The molecule has 2 rings (SSSR count). The van der Waals surface area contributed by atoms with Crippen molar-refractivity contribution in [3.8, 4) is 0 Å². The Balaban J connectivity index is 1.74. The highest BCUT2D eigenvalue weighted by molar-refractivity contribution is 7.89. The lowest BCUT2D eigenvalue weighted by Gasteiger charge is -2.36. The first-order chi connectivity index (χ1) is 9.53. The molecule has 2 aliphatic rings. The van der Waals surface area contributed by atoms with Gasteiger partial charge in [0.1, 0.15) is 0 Å². The molecule has 0 aromatic rings. The standard InChI is InChI=1S/C14H28N2O3S/c1-15(8-2-11-17)14-5-9-16(10-6-14)20(18,19)12-7-13-3-4-13/h13-14,17H,2-12H2,1H3. The quantitative estimate of drug-likeness (QED) is 0.723. The second-order valence-electron chi connectivity index (χ2n) is 6.24. The lowest BCUT2D eigenvalue weighted by molar-refractivity contribution is 0.155. The van der Waals surface area contributed by atoms with Crippen molar-refractivity contribution < 1.29 is 13.5 Å². The molecule has 1 saturated heterocycles. The third-order valence-electron chi connectivity index (χ3n) is 4.59. The summed E-state index contributed by atoms with van der Waals surface area (Å²) < 4.78 is 26.2. The van der Waals surface area contributed by atoms with Gasteiger partial charge in [0.2, 0.25) is 10.0 Å². The van der Waals surface area contributed by atoms with Crippen molar-refractivity contribution >= 4 is 10.0 Å². The van der Waals surface area contributed by atoms with E-state index in [1.54, 1.807) is 4.31 Å². The zero-order chi connectivity index (χ0) is 14.6. The van der Waals surface area contributed by atoms with E-state index in [0.29, 0.717) is 30.8 Å². The summed E-state index contributed by atoms with van der Waals surface area (Å²) >= 11 is 0. The summed E-state index contributed by atoms with van der Waals surface area (Å²) in [6, 6.07) is 0.455. The van der Waals surface area contributed by atoms with Crippen LogP contribution in [0.2, 0.25) is 0 Å². The number of sulfonamides is 1. The summed E-state index contributed by atoms with van der Waals surface area (Å²) in [5.74, 6) is 1.01. The molecule has 0 amide bonds. The van der Waals surface area contributed by atoms with Gasteiger partial charge in [-0.2, -0.15) is 0 Å². The minimum Gasteiger partial charge on any atom is -0.396 e. The molecule has 2 fully saturated rings. The maximum atomic E-state index is 12.2. The van der Waals surface area contributed by atoms with E-state index >= 15 is 0 Å². The van der Waals surface area contributed by atoms with Crippen LogP contribution in [0.5, 0.6) is 0 Å². The van der Waals surface area contributed by atoms with Crippen molar-refractivity contribution in [3.63, 3.8) is 0 Å². The Morgan fingerprint density at radius 2 is 1.85 bits per heavy atom. The van der Waals surface area contributed by atoms with E-state index in [9.17, 15) is 8.42 Å². The summed E-state index contributed by atoms with van der Waals surface area (Å²) in [4.78, 5) is 2.25. The van der Waals surface area contributed by atoms with Crippen molar-refractivity contribution in [1.82, 2.24) is 9.21 Å². The van der Waals surface area contributed by atoms with Gasteiger partial charge in [0.05, 0.1) is 5.75 Å². The molecule has 6 heteroatoms. The van der Waals surface area contributed by atoms with E-state index in [2.05, 4.69) is 11.9 Å². The fourth-order valence-corrected chi connectivity index (χ4v) is 4.57. The molecule has 1 saturated carbocycles. The Kier molecular flexibility index (Phi) is 5.84. The summed E-state index contributed by atoms with van der Waals surface area (Å²) in [6.45, 7) is 2.41. The van der Waals surface area contributed by atoms with E-state index in [0.717, 1.165) is 32.2 Å². The highest BCUT2D eigenvalue weighted by Crippen LogP contribution is 2.33. The molecule has 0 radical (unpaired) electrons. The number of piperidine rings is 1. The van der Waals surface area contributed by atoms with Crippen LogP contribution < -0.4 is 0 Å². The Hall–Kier alpha value is -0.170. The number of aliphatic hydroxyl groups excluding tert-OH is 1. The van der Waals surface area contributed by atoms with E-state index in [-0.39, 0.29) is 6.61 Å². The van der Waals surface area contributed by atoms with Crippen LogP contribution in [0, 0.1) is 5.92 Å². The molecule has 20 heavy (non-hydrogen) atoms. The predicted octanol–water partition coefficient (Wildman–Crippen LogP) is 0.895. The molecular weight excluding hydrogens is 276 g/mol. The molecule has 0 aromatic heterocycles. The molecular formula is C14H28N2O3S. The summed E-state index contributed by atoms with van der Waals surface area (Å²) in [5.41, 5.74) is 0. The van der Waals surface area contributed by atoms with Gasteiger partial charge in [-0.3, -0.25) is 0 Å². The first-order valence-electron chi connectivity index (χ1n) is 7.82. The zero-order valence-electron chi connectivity index (χ0n) is 12.5. The maximum Gasteiger partial charge on any atom is 0.214 e. The summed E-state index contributed by atoms with van der Waals surface area (Å²) in [7, 11) is -0.963. The van der Waals surface area contributed by atoms with Crippen molar-refractivity contribution in [2.24, 2.45) is 5.92 Å². The molecule has 0 unspecified atom stereocenters. The SMILES string of the molecule is CN(CCCO)C1CCN(S(=O)(=O)CCC2CC2)CC1. The van der Waals surface area contributed by atoms with Gasteiger partial charge in [0.15, 0.2) is 0 Å². The van der Waals surface area contributed by atoms with Crippen LogP contribution in [0.25, 0.3) is 0 Å². The highest BCUT2D eigenvalue weighted by atomic mass is 32.2. The number of hydrogen-bond donors (Lipinski definition) is 1. The fraction of sp³-hybridized carbons (Fsp3) is 1.00. The predicted molar refractivity (Wildman–Crippen MR) is 80.1 cm³/mol. The molecule has 5 nitrogen and oxygen atoms in total. The summed E-state index contributed by atoms with van der Waals surface area (Å²) in [6.07, 6.45) is 5.88. The molecule has 1 aliphatic heterocycles. The van der Waals surface area contributed by atoms with Crippen molar-refractivity contribution in [3.05, 3.63) is 0 Å². The molecule has 0 aromatic carbocycles. The average Bonchev–Trinajstić information content (AvgIpc) is 3.27. The topological polar surface area (TPSA) is 60.9 Å². The smallest absolute Gasteiger partial charge is 0.214 e. The number of rotatable bonds is 8. The number of nitrogens with zero attached hydrogens (tertiary/aromatic N) is 2. The minimum absolute atomic E-state index is 0.221. The van der Waals surface area contributed by atoms with Gasteiger partial charge in [-0.05, 0) is 38.6 Å². The monoisotopic (exact) mass is 304 g/mol. The number of aliphatic hydroxyl groups is 1. The van der Waals surface area contributed by atoms with Gasteiger partial charge in [0.25, 0.3) is 0 Å². The second-order valence-corrected chi connectivity index (χ2v) is 8.32. The number of hydrogen-bond acceptors (Lipinski definition) is 4. The van der Waals surface area contributed by atoms with Gasteiger partial charge in [0, 0.05) is 32.3 Å². The van der Waals surface area contributed by atoms with Crippen molar-refractivity contribution in [2.45, 2.75) is 44.6 Å².